The molecule has 0 saturated heterocycles. The Morgan fingerprint density at radius 1 is 0.594 bits per heavy atom. The van der Waals surface area contributed by atoms with Crippen LogP contribution >= 0.6 is 24.4 Å². The average molecular weight is 449 g/mol. The quantitative estimate of drug-likeness (QED) is 0.305. The van der Waals surface area contributed by atoms with Gasteiger partial charge in [-0.1, -0.05) is 139 Å². The minimum Gasteiger partial charge on any atom is -0.142 e. The Bertz CT molecular complexity index is 1230. The minimum atomic E-state index is 0.198. The van der Waals surface area contributed by atoms with Crippen LogP contribution in [0.4, 0.5) is 0 Å². The molecule has 0 radical (unpaired) electrons. The smallest absolute Gasteiger partial charge is 0.0268 e. The normalized spacial score (nSPS) is 19.8. The van der Waals surface area contributed by atoms with Crippen molar-refractivity contribution in [3.63, 3.8) is 0 Å². The van der Waals surface area contributed by atoms with Crippen molar-refractivity contribution in [2.45, 2.75) is 11.8 Å². The first kappa shape index (κ1) is 20.9. The van der Waals surface area contributed by atoms with Crippen LogP contribution in [0.2, 0.25) is 0 Å². The van der Waals surface area contributed by atoms with Gasteiger partial charge in [0.2, 0.25) is 0 Å². The number of allylic oxidation sites excluding steroid dienone is 2. The van der Waals surface area contributed by atoms with Gasteiger partial charge in [-0.3, -0.25) is 0 Å². The summed E-state index contributed by atoms with van der Waals surface area (Å²) in [6.07, 6.45) is 2.45. The summed E-state index contributed by atoms with van der Waals surface area (Å²) in [6, 6.07) is 42.9. The van der Waals surface area contributed by atoms with Crippen LogP contribution in [0, 0.1) is 0 Å². The summed E-state index contributed by atoms with van der Waals surface area (Å²) in [5.74, 6) is 0.416. The van der Waals surface area contributed by atoms with E-state index in [2.05, 4.69) is 127 Å². The molecule has 0 aliphatic carbocycles. The van der Waals surface area contributed by atoms with Crippen molar-refractivity contribution < 1.29 is 0 Å². The third kappa shape index (κ3) is 4.34. The molecule has 5 rings (SSSR count). The molecule has 0 saturated carbocycles. The highest BCUT2D eigenvalue weighted by Gasteiger charge is 2.34. The predicted octanol–water partition coefficient (Wildman–Crippen LogP) is 8.64. The van der Waals surface area contributed by atoms with Gasteiger partial charge >= 0.3 is 0 Å². The summed E-state index contributed by atoms with van der Waals surface area (Å²) in [4.78, 5) is 3.62. The molecular weight excluding hydrogens is 424 g/mol. The second-order valence-corrected chi connectivity index (χ2v) is 9.43. The van der Waals surface area contributed by atoms with Crippen molar-refractivity contribution in [3.8, 4) is 0 Å². The van der Waals surface area contributed by atoms with Gasteiger partial charge in [0.05, 0.1) is 0 Å². The molecule has 0 fully saturated rings. The summed E-state index contributed by atoms with van der Waals surface area (Å²) >= 11 is 6.96. The number of benzene rings is 4. The van der Waals surface area contributed by atoms with E-state index in [0.717, 1.165) is 10.5 Å². The van der Waals surface area contributed by atoms with E-state index in [9.17, 15) is 0 Å². The largest absolute Gasteiger partial charge is 0.142 e. The van der Waals surface area contributed by atoms with Crippen LogP contribution < -0.4 is 0 Å². The number of hydrogen-bond acceptors (Lipinski definition) is 2. The fourth-order valence-corrected chi connectivity index (χ4v) is 6.07. The Morgan fingerprint density at radius 3 is 1.69 bits per heavy atom. The van der Waals surface area contributed by atoms with E-state index in [4.69, 9.17) is 12.6 Å². The zero-order chi connectivity index (χ0) is 21.8. The van der Waals surface area contributed by atoms with Crippen molar-refractivity contribution >= 4 is 34.2 Å². The molecule has 0 spiro atoms. The molecule has 32 heavy (non-hydrogen) atoms. The Balaban J connectivity index is 1.75. The Labute approximate surface area is 200 Å². The average Bonchev–Trinajstić information content (AvgIpc) is 2.89. The van der Waals surface area contributed by atoms with Gasteiger partial charge < -0.3 is 0 Å². The lowest BCUT2D eigenvalue weighted by atomic mass is 9.79. The molecule has 1 aliphatic rings. The van der Waals surface area contributed by atoms with Gasteiger partial charge in [-0.15, -0.1) is 12.6 Å². The topological polar surface area (TPSA) is 0 Å². The third-order valence-electron chi connectivity index (χ3n) is 5.87. The molecular formula is C30H24S2. The van der Waals surface area contributed by atoms with E-state index >= 15 is 0 Å². The van der Waals surface area contributed by atoms with Crippen LogP contribution in [0.5, 0.6) is 0 Å². The maximum atomic E-state index is 5.11. The van der Waals surface area contributed by atoms with Crippen molar-refractivity contribution in [1.29, 1.82) is 0 Å². The fourth-order valence-electron chi connectivity index (χ4n) is 4.31. The predicted molar refractivity (Wildman–Crippen MR) is 143 cm³/mol. The highest BCUT2D eigenvalue weighted by atomic mass is 32.2. The van der Waals surface area contributed by atoms with E-state index in [1.54, 1.807) is 0 Å². The molecule has 1 aliphatic heterocycles. The number of thioether (sulfide) groups is 1. The Morgan fingerprint density at radius 2 is 1.09 bits per heavy atom. The van der Waals surface area contributed by atoms with Crippen LogP contribution in [0.3, 0.4) is 0 Å². The van der Waals surface area contributed by atoms with E-state index in [1.165, 1.54) is 26.5 Å². The van der Waals surface area contributed by atoms with Crippen LogP contribution in [-0.4, -0.2) is 0 Å². The highest BCUT2D eigenvalue weighted by Crippen LogP contribution is 2.56. The van der Waals surface area contributed by atoms with Crippen molar-refractivity contribution in [2.24, 2.45) is 0 Å². The monoisotopic (exact) mass is 448 g/mol. The first-order valence-corrected chi connectivity index (χ1v) is 12.1. The number of rotatable bonds is 4. The summed E-state index contributed by atoms with van der Waals surface area (Å²) in [5.41, 5.74) is 5.04. The summed E-state index contributed by atoms with van der Waals surface area (Å²) in [6.45, 7) is 0. The second kappa shape index (κ2) is 9.68. The van der Waals surface area contributed by atoms with E-state index < -0.39 is 0 Å². The Hall–Kier alpha value is -2.94. The molecule has 0 bridgehead atoms. The van der Waals surface area contributed by atoms with Gasteiger partial charge in [0.25, 0.3) is 0 Å². The van der Waals surface area contributed by atoms with Crippen LogP contribution in [0.25, 0.3) is 9.81 Å². The maximum absolute atomic E-state index is 5.11. The molecule has 2 heteroatoms. The molecule has 4 aromatic carbocycles. The SMILES string of the molecule is S/C(=C1\SC(c2ccccc2)=CC(c2ccccc2)C1c1ccccc1)c1ccccc1. The fraction of sp³-hybridized carbons (Fsp3) is 0.0667. The maximum Gasteiger partial charge on any atom is 0.0268 e. The highest BCUT2D eigenvalue weighted by molar-refractivity contribution is 8.12. The van der Waals surface area contributed by atoms with Gasteiger partial charge in [0, 0.05) is 26.6 Å². The van der Waals surface area contributed by atoms with Crippen LogP contribution in [-0.2, 0) is 0 Å². The lowest BCUT2D eigenvalue weighted by Gasteiger charge is -2.34. The number of hydrogen-bond donors (Lipinski definition) is 1. The summed E-state index contributed by atoms with van der Waals surface area (Å²) in [5, 5.41) is 0. The molecule has 4 aromatic rings. The molecule has 0 aromatic heterocycles. The molecule has 2 atom stereocenters. The van der Waals surface area contributed by atoms with Gasteiger partial charge in [-0.25, -0.2) is 0 Å². The van der Waals surface area contributed by atoms with E-state index in [1.807, 2.05) is 11.8 Å². The van der Waals surface area contributed by atoms with Gasteiger partial charge in [-0.05, 0) is 22.3 Å². The second-order valence-electron chi connectivity index (χ2n) is 7.90. The van der Waals surface area contributed by atoms with Gasteiger partial charge in [0.15, 0.2) is 0 Å². The molecule has 0 nitrogen and oxygen atoms in total. The van der Waals surface area contributed by atoms with Gasteiger partial charge in [-0.2, -0.15) is 0 Å². The zero-order valence-electron chi connectivity index (χ0n) is 17.6. The van der Waals surface area contributed by atoms with E-state index in [0.29, 0.717) is 0 Å². The minimum absolute atomic E-state index is 0.198. The first-order valence-electron chi connectivity index (χ1n) is 10.8. The van der Waals surface area contributed by atoms with Crippen LogP contribution in [0.15, 0.2) is 132 Å². The van der Waals surface area contributed by atoms with Gasteiger partial charge in [0.1, 0.15) is 0 Å². The van der Waals surface area contributed by atoms with Crippen molar-refractivity contribution in [1.82, 2.24) is 0 Å². The standard InChI is InChI=1S/C30H24S2/c31-29(25-19-11-4-12-20-25)30-28(24-17-9-3-10-18-24)26(22-13-5-1-6-14-22)21-27(32-30)23-15-7-2-8-16-23/h1-21,26,28,31H/b30-29-. The van der Waals surface area contributed by atoms with Crippen molar-refractivity contribution in [2.75, 3.05) is 0 Å². The lowest BCUT2D eigenvalue weighted by Crippen LogP contribution is -2.16. The van der Waals surface area contributed by atoms with Crippen LogP contribution in [0.1, 0.15) is 34.1 Å². The first-order chi connectivity index (χ1) is 15.8. The number of thiol groups is 1. The molecule has 156 valence electrons. The summed E-state index contributed by atoms with van der Waals surface area (Å²) in [7, 11) is 0. The molecule has 0 N–H and O–H groups in total. The third-order valence-corrected chi connectivity index (χ3v) is 7.79. The zero-order valence-corrected chi connectivity index (χ0v) is 19.3. The molecule has 0 amide bonds. The van der Waals surface area contributed by atoms with Crippen molar-refractivity contribution in [3.05, 3.63) is 155 Å². The summed E-state index contributed by atoms with van der Waals surface area (Å²) < 4.78 is 0. The molecule has 1 heterocycles. The Kier molecular flexibility index (Phi) is 6.34. The van der Waals surface area contributed by atoms with E-state index in [-0.39, 0.29) is 11.8 Å². The lowest BCUT2D eigenvalue weighted by molar-refractivity contribution is 0.730. The molecule has 2 unspecified atom stereocenters.